The van der Waals surface area contributed by atoms with Crippen LogP contribution in [-0.4, -0.2) is 32.5 Å². The predicted molar refractivity (Wildman–Crippen MR) is 39.4 cm³/mol. The van der Waals surface area contributed by atoms with Crippen molar-refractivity contribution in [2.24, 2.45) is 0 Å². The summed E-state index contributed by atoms with van der Waals surface area (Å²) >= 11 is 0. The van der Waals surface area contributed by atoms with Gasteiger partial charge in [0.15, 0.2) is 0 Å². The Hall–Kier alpha value is -0.770. The molecule has 4 heteroatoms. The molecule has 1 saturated heterocycles. The summed E-state index contributed by atoms with van der Waals surface area (Å²) in [4.78, 5) is 10.5. The first-order chi connectivity index (χ1) is 5.33. The van der Waals surface area contributed by atoms with Crippen LogP contribution in [0.25, 0.3) is 0 Å². The van der Waals surface area contributed by atoms with Crippen LogP contribution in [0.3, 0.4) is 0 Å². The third kappa shape index (κ3) is 2.76. The lowest BCUT2D eigenvalue weighted by Gasteiger charge is -2.05. The summed E-state index contributed by atoms with van der Waals surface area (Å²) in [7, 11) is 1.67. The normalized spacial score (nSPS) is 23.0. The zero-order valence-corrected chi connectivity index (χ0v) is 6.63. The molecular weight excluding hydrogens is 146 g/mol. The van der Waals surface area contributed by atoms with Crippen molar-refractivity contribution < 1.29 is 14.3 Å². The Labute approximate surface area is 65.9 Å². The van der Waals surface area contributed by atoms with Crippen LogP contribution in [0.2, 0.25) is 0 Å². The Bertz CT molecular complexity index is 138. The largest absolute Gasteiger partial charge is 0.444 e. The second kappa shape index (κ2) is 4.18. The highest BCUT2D eigenvalue weighted by Crippen LogP contribution is 2.06. The first-order valence-electron chi connectivity index (χ1n) is 3.76. The molecule has 0 aliphatic carbocycles. The van der Waals surface area contributed by atoms with E-state index >= 15 is 0 Å². The molecule has 0 saturated carbocycles. The fraction of sp³-hybridized carbons (Fsp3) is 0.857. The molecule has 1 rings (SSSR count). The van der Waals surface area contributed by atoms with Crippen LogP contribution in [0, 0.1) is 0 Å². The predicted octanol–water partition coefficient (Wildman–Crippen LogP) is 0.521. The van der Waals surface area contributed by atoms with Crippen LogP contribution < -0.4 is 5.32 Å². The Morgan fingerprint density at radius 1 is 1.82 bits per heavy atom. The van der Waals surface area contributed by atoms with Crippen molar-refractivity contribution >= 4 is 6.09 Å². The van der Waals surface area contributed by atoms with E-state index in [-0.39, 0.29) is 12.2 Å². The molecular formula is C7H13NO3. The number of ether oxygens (including phenoxy) is 2. The summed E-state index contributed by atoms with van der Waals surface area (Å²) in [6.45, 7) is 1.37. The zero-order chi connectivity index (χ0) is 8.10. The van der Waals surface area contributed by atoms with Gasteiger partial charge in [0.2, 0.25) is 0 Å². The van der Waals surface area contributed by atoms with E-state index in [4.69, 9.17) is 9.47 Å². The van der Waals surface area contributed by atoms with Gasteiger partial charge >= 0.3 is 6.09 Å². The van der Waals surface area contributed by atoms with Gasteiger partial charge in [0.25, 0.3) is 0 Å². The van der Waals surface area contributed by atoms with Gasteiger partial charge in [0, 0.05) is 13.7 Å². The van der Waals surface area contributed by atoms with Gasteiger partial charge in [0.1, 0.15) is 6.10 Å². The number of hydrogen-bond donors (Lipinski definition) is 1. The minimum Gasteiger partial charge on any atom is -0.444 e. The van der Waals surface area contributed by atoms with Crippen molar-refractivity contribution in [3.63, 3.8) is 0 Å². The summed E-state index contributed by atoms with van der Waals surface area (Å²) in [5.74, 6) is 0. The standard InChI is InChI=1S/C7H13NO3/c1-10-4-2-3-6-5-8-7(9)11-6/h6H,2-5H2,1H3,(H,8,9). The van der Waals surface area contributed by atoms with Crippen LogP contribution in [0.5, 0.6) is 0 Å². The highest BCUT2D eigenvalue weighted by atomic mass is 16.6. The topological polar surface area (TPSA) is 47.6 Å². The van der Waals surface area contributed by atoms with E-state index in [1.807, 2.05) is 0 Å². The molecule has 0 spiro atoms. The first kappa shape index (κ1) is 8.33. The van der Waals surface area contributed by atoms with E-state index in [0.29, 0.717) is 6.54 Å². The van der Waals surface area contributed by atoms with Gasteiger partial charge in [-0.1, -0.05) is 0 Å². The number of amides is 1. The van der Waals surface area contributed by atoms with Crippen molar-refractivity contribution in [1.29, 1.82) is 0 Å². The number of carbonyl (C=O) groups is 1. The Morgan fingerprint density at radius 3 is 3.18 bits per heavy atom. The SMILES string of the molecule is COCCCC1CNC(=O)O1. The molecule has 1 amide bonds. The third-order valence-electron chi connectivity index (χ3n) is 1.62. The Kier molecular flexibility index (Phi) is 3.16. The molecule has 11 heavy (non-hydrogen) atoms. The van der Waals surface area contributed by atoms with E-state index in [0.717, 1.165) is 19.4 Å². The van der Waals surface area contributed by atoms with Gasteiger partial charge in [-0.3, -0.25) is 0 Å². The fourth-order valence-electron chi connectivity index (χ4n) is 1.05. The average molecular weight is 159 g/mol. The maximum absolute atomic E-state index is 10.5. The Morgan fingerprint density at radius 2 is 2.64 bits per heavy atom. The summed E-state index contributed by atoms with van der Waals surface area (Å²) in [5.41, 5.74) is 0. The van der Waals surface area contributed by atoms with Gasteiger partial charge < -0.3 is 14.8 Å². The molecule has 1 unspecified atom stereocenters. The van der Waals surface area contributed by atoms with Gasteiger partial charge in [0.05, 0.1) is 6.54 Å². The van der Waals surface area contributed by atoms with Crippen LogP contribution >= 0.6 is 0 Å². The number of methoxy groups -OCH3 is 1. The molecule has 1 N–H and O–H groups in total. The van der Waals surface area contributed by atoms with Crippen molar-refractivity contribution in [2.75, 3.05) is 20.3 Å². The average Bonchev–Trinajstić information content (AvgIpc) is 2.37. The number of nitrogens with one attached hydrogen (secondary N) is 1. The van der Waals surface area contributed by atoms with Crippen LogP contribution in [0.4, 0.5) is 4.79 Å². The maximum atomic E-state index is 10.5. The molecule has 1 aliphatic heterocycles. The van der Waals surface area contributed by atoms with Crippen LogP contribution in [0.1, 0.15) is 12.8 Å². The lowest BCUT2D eigenvalue weighted by Crippen LogP contribution is -2.15. The Balaban J connectivity index is 2.04. The highest BCUT2D eigenvalue weighted by Gasteiger charge is 2.21. The summed E-state index contributed by atoms with van der Waals surface area (Å²) in [6, 6.07) is 0. The number of cyclic esters (lactones) is 1. The van der Waals surface area contributed by atoms with Crippen molar-refractivity contribution in [1.82, 2.24) is 5.32 Å². The molecule has 0 bridgehead atoms. The molecule has 0 radical (unpaired) electrons. The zero-order valence-electron chi connectivity index (χ0n) is 6.63. The number of carbonyl (C=O) groups excluding carboxylic acids is 1. The number of hydrogen-bond acceptors (Lipinski definition) is 3. The number of alkyl carbamates (subject to hydrolysis) is 1. The van der Waals surface area contributed by atoms with Gasteiger partial charge in [-0.15, -0.1) is 0 Å². The number of rotatable bonds is 4. The quantitative estimate of drug-likeness (QED) is 0.608. The molecule has 0 aromatic carbocycles. The first-order valence-corrected chi connectivity index (χ1v) is 3.76. The second-order valence-electron chi connectivity index (χ2n) is 2.54. The molecule has 1 fully saturated rings. The summed E-state index contributed by atoms with van der Waals surface area (Å²) < 4.78 is 9.77. The van der Waals surface area contributed by atoms with E-state index in [1.54, 1.807) is 7.11 Å². The van der Waals surface area contributed by atoms with Crippen molar-refractivity contribution in [3.05, 3.63) is 0 Å². The lowest BCUT2D eigenvalue weighted by molar-refractivity contribution is 0.123. The molecule has 0 aromatic heterocycles. The van der Waals surface area contributed by atoms with Crippen molar-refractivity contribution in [2.45, 2.75) is 18.9 Å². The van der Waals surface area contributed by atoms with Gasteiger partial charge in [-0.2, -0.15) is 0 Å². The van der Waals surface area contributed by atoms with E-state index < -0.39 is 0 Å². The minimum absolute atomic E-state index is 0.0534. The van der Waals surface area contributed by atoms with E-state index in [2.05, 4.69) is 5.32 Å². The van der Waals surface area contributed by atoms with E-state index in [9.17, 15) is 4.79 Å². The minimum atomic E-state index is -0.299. The van der Waals surface area contributed by atoms with Crippen LogP contribution in [-0.2, 0) is 9.47 Å². The molecule has 1 heterocycles. The highest BCUT2D eigenvalue weighted by molar-refractivity contribution is 5.69. The molecule has 4 nitrogen and oxygen atoms in total. The second-order valence-corrected chi connectivity index (χ2v) is 2.54. The summed E-state index contributed by atoms with van der Waals surface area (Å²) in [5, 5.41) is 2.59. The molecule has 1 aliphatic rings. The monoisotopic (exact) mass is 159 g/mol. The lowest BCUT2D eigenvalue weighted by atomic mass is 10.2. The van der Waals surface area contributed by atoms with Crippen LogP contribution in [0.15, 0.2) is 0 Å². The smallest absolute Gasteiger partial charge is 0.407 e. The van der Waals surface area contributed by atoms with Crippen molar-refractivity contribution in [3.8, 4) is 0 Å². The third-order valence-corrected chi connectivity index (χ3v) is 1.62. The molecule has 64 valence electrons. The van der Waals surface area contributed by atoms with Gasteiger partial charge in [-0.25, -0.2) is 4.79 Å². The summed E-state index contributed by atoms with van der Waals surface area (Å²) in [6.07, 6.45) is 1.58. The fourth-order valence-corrected chi connectivity index (χ4v) is 1.05. The maximum Gasteiger partial charge on any atom is 0.407 e. The van der Waals surface area contributed by atoms with E-state index in [1.165, 1.54) is 0 Å². The molecule has 1 atom stereocenters. The molecule has 0 aromatic rings. The van der Waals surface area contributed by atoms with Gasteiger partial charge in [-0.05, 0) is 12.8 Å².